The molecule has 0 amide bonds. The number of ether oxygens (including phenoxy) is 4. The fourth-order valence-corrected chi connectivity index (χ4v) is 2.97. The fourth-order valence-electron chi connectivity index (χ4n) is 2.97. The molecule has 1 aliphatic heterocycles. The van der Waals surface area contributed by atoms with E-state index in [-0.39, 0.29) is 0 Å². The lowest BCUT2D eigenvalue weighted by atomic mass is 10.0. The Hall–Kier alpha value is -1.53. The molecule has 0 bridgehead atoms. The minimum atomic E-state index is -1.25. The van der Waals surface area contributed by atoms with Crippen molar-refractivity contribution in [1.82, 2.24) is 0 Å². The first-order valence-electron chi connectivity index (χ1n) is 10.4. The van der Waals surface area contributed by atoms with E-state index in [1.165, 1.54) is 20.6 Å². The van der Waals surface area contributed by atoms with E-state index in [9.17, 15) is 4.79 Å². The number of methoxy groups -OCH3 is 2. The van der Waals surface area contributed by atoms with Gasteiger partial charge in [0.25, 0.3) is 5.79 Å². The summed E-state index contributed by atoms with van der Waals surface area (Å²) in [5, 5.41) is 0. The van der Waals surface area contributed by atoms with Gasteiger partial charge in [0.2, 0.25) is 5.79 Å². The van der Waals surface area contributed by atoms with Crippen LogP contribution < -0.4 is 0 Å². The van der Waals surface area contributed by atoms with Gasteiger partial charge >= 0.3 is 5.97 Å². The largest absolute Gasteiger partial charge is 0.425 e. The molecule has 158 valence electrons. The summed E-state index contributed by atoms with van der Waals surface area (Å²) >= 11 is 0. The van der Waals surface area contributed by atoms with Gasteiger partial charge in [0.1, 0.15) is 0 Å². The topological polar surface area (TPSA) is 54.0 Å². The highest BCUT2D eigenvalue weighted by Crippen LogP contribution is 2.38. The van der Waals surface area contributed by atoms with E-state index in [0.29, 0.717) is 6.42 Å². The van der Waals surface area contributed by atoms with Crippen molar-refractivity contribution in [3.05, 3.63) is 0 Å². The number of cyclic esters (lactones) is 1. The predicted molar refractivity (Wildman–Crippen MR) is 109 cm³/mol. The van der Waals surface area contributed by atoms with Gasteiger partial charge < -0.3 is 18.9 Å². The zero-order chi connectivity index (χ0) is 20.9. The Labute approximate surface area is 170 Å². The van der Waals surface area contributed by atoms with Crippen molar-refractivity contribution in [2.75, 3.05) is 14.2 Å². The number of hydrogen-bond acceptors (Lipinski definition) is 5. The van der Waals surface area contributed by atoms with Crippen LogP contribution in [0, 0.1) is 23.7 Å². The lowest BCUT2D eigenvalue weighted by Crippen LogP contribution is -2.64. The molecule has 3 unspecified atom stereocenters. The molecule has 0 aromatic rings. The lowest BCUT2D eigenvalue weighted by Gasteiger charge is -2.47. The van der Waals surface area contributed by atoms with Crippen LogP contribution in [0.3, 0.4) is 0 Å². The summed E-state index contributed by atoms with van der Waals surface area (Å²) in [6.07, 6.45) is 9.42. The van der Waals surface area contributed by atoms with Crippen LogP contribution in [-0.2, 0) is 23.7 Å². The molecule has 0 saturated carbocycles. The highest BCUT2D eigenvalue weighted by Gasteiger charge is 2.57. The summed E-state index contributed by atoms with van der Waals surface area (Å²) in [7, 11) is 2.99. The fraction of sp³-hybridized carbons (Fsp3) is 0.783. The maximum atomic E-state index is 12.2. The number of rotatable bonds is 11. The highest BCUT2D eigenvalue weighted by molar-refractivity contribution is 5.75. The third kappa shape index (κ3) is 7.47. The second kappa shape index (κ2) is 12.8. The summed E-state index contributed by atoms with van der Waals surface area (Å²) in [4.78, 5) is 12.2. The summed E-state index contributed by atoms with van der Waals surface area (Å²) < 4.78 is 22.1. The van der Waals surface area contributed by atoms with Gasteiger partial charge in [-0.05, 0) is 38.0 Å². The Balaban J connectivity index is 2.20. The molecule has 1 fully saturated rings. The molecule has 0 spiro atoms. The van der Waals surface area contributed by atoms with Crippen LogP contribution in [0.5, 0.6) is 0 Å². The van der Waals surface area contributed by atoms with Crippen molar-refractivity contribution >= 4 is 5.97 Å². The molecule has 1 aliphatic rings. The first-order valence-corrected chi connectivity index (χ1v) is 10.4. The van der Waals surface area contributed by atoms with E-state index in [1.54, 1.807) is 13.8 Å². The Morgan fingerprint density at radius 3 is 2.07 bits per heavy atom. The first kappa shape index (κ1) is 24.5. The summed E-state index contributed by atoms with van der Waals surface area (Å²) in [6.45, 7) is 5.53. The molecule has 3 atom stereocenters. The molecule has 0 radical (unpaired) electrons. The normalized spacial score (nSPS) is 26.6. The zero-order valence-electron chi connectivity index (χ0n) is 18.2. The van der Waals surface area contributed by atoms with Crippen LogP contribution in [0.4, 0.5) is 0 Å². The molecule has 1 saturated heterocycles. The standard InChI is InChI=1S/C23H36O5/c1-6-7-8-9-10-11-12-13-14-15-16-17-18-19-20-21(24)28-23(3,26-5)22(2,25-4)27-20/h20H,6-8,13-19H2,1-5H3. The van der Waals surface area contributed by atoms with Crippen molar-refractivity contribution in [2.45, 2.75) is 103 Å². The minimum Gasteiger partial charge on any atom is -0.425 e. The van der Waals surface area contributed by atoms with Crippen LogP contribution in [0.1, 0.15) is 85.0 Å². The molecule has 5 nitrogen and oxygen atoms in total. The highest BCUT2D eigenvalue weighted by atomic mass is 16.8. The van der Waals surface area contributed by atoms with Crippen molar-refractivity contribution < 1.29 is 23.7 Å². The molecule has 0 aromatic carbocycles. The second-order valence-corrected chi connectivity index (χ2v) is 7.34. The SMILES string of the molecule is CCCCC#CC#CCCCCCCCC1OC(C)(OC)C(C)(OC)OC1=O. The Bertz CT molecular complexity index is 594. The number of hydrogen-bond donors (Lipinski definition) is 0. The molecule has 1 heterocycles. The molecule has 1 rings (SSSR count). The molecule has 0 N–H and O–H groups in total. The zero-order valence-corrected chi connectivity index (χ0v) is 18.2. The maximum absolute atomic E-state index is 12.2. The number of carbonyl (C=O) groups is 1. The van der Waals surface area contributed by atoms with Gasteiger partial charge in [0.15, 0.2) is 6.10 Å². The van der Waals surface area contributed by atoms with Crippen molar-refractivity contribution in [2.24, 2.45) is 0 Å². The molecule has 0 aliphatic carbocycles. The molecule has 0 aromatic heterocycles. The van der Waals surface area contributed by atoms with Gasteiger partial charge in [-0.15, -0.1) is 0 Å². The number of carbonyl (C=O) groups excluding carboxylic acids is 1. The smallest absolute Gasteiger partial charge is 0.338 e. The third-order valence-electron chi connectivity index (χ3n) is 5.19. The third-order valence-corrected chi connectivity index (χ3v) is 5.19. The van der Waals surface area contributed by atoms with Crippen LogP contribution in [0.2, 0.25) is 0 Å². The van der Waals surface area contributed by atoms with Gasteiger partial charge in [-0.3, -0.25) is 0 Å². The summed E-state index contributed by atoms with van der Waals surface area (Å²) in [6, 6.07) is 0. The first-order chi connectivity index (χ1) is 13.4. The van der Waals surface area contributed by atoms with Gasteiger partial charge in [-0.1, -0.05) is 50.9 Å². The molecule has 5 heteroatoms. The van der Waals surface area contributed by atoms with Crippen LogP contribution in [0.15, 0.2) is 0 Å². The summed E-state index contributed by atoms with van der Waals surface area (Å²) in [5.74, 6) is 9.23. The van der Waals surface area contributed by atoms with E-state index in [2.05, 4.69) is 30.6 Å². The maximum Gasteiger partial charge on any atom is 0.338 e. The van der Waals surface area contributed by atoms with Crippen LogP contribution in [-0.4, -0.2) is 37.9 Å². The monoisotopic (exact) mass is 392 g/mol. The second-order valence-electron chi connectivity index (χ2n) is 7.34. The van der Waals surface area contributed by atoms with Gasteiger partial charge in [0.05, 0.1) is 0 Å². The van der Waals surface area contributed by atoms with Gasteiger partial charge in [-0.25, -0.2) is 4.79 Å². The van der Waals surface area contributed by atoms with E-state index >= 15 is 0 Å². The van der Waals surface area contributed by atoms with Crippen LogP contribution >= 0.6 is 0 Å². The van der Waals surface area contributed by atoms with E-state index in [0.717, 1.165) is 51.4 Å². The lowest BCUT2D eigenvalue weighted by molar-refractivity contribution is -0.406. The molecular formula is C23H36O5. The van der Waals surface area contributed by atoms with Crippen molar-refractivity contribution in [3.63, 3.8) is 0 Å². The average molecular weight is 393 g/mol. The van der Waals surface area contributed by atoms with Crippen LogP contribution in [0.25, 0.3) is 0 Å². The van der Waals surface area contributed by atoms with Gasteiger partial charge in [0, 0.05) is 34.0 Å². The minimum absolute atomic E-state index is 0.394. The number of unbranched alkanes of at least 4 members (excludes halogenated alkanes) is 7. The van der Waals surface area contributed by atoms with E-state index < -0.39 is 23.6 Å². The Morgan fingerprint density at radius 2 is 1.46 bits per heavy atom. The summed E-state index contributed by atoms with van der Waals surface area (Å²) in [5.41, 5.74) is 0. The number of esters is 1. The van der Waals surface area contributed by atoms with Crippen molar-refractivity contribution in [3.8, 4) is 23.7 Å². The Morgan fingerprint density at radius 1 is 0.893 bits per heavy atom. The van der Waals surface area contributed by atoms with Gasteiger partial charge in [-0.2, -0.15) is 0 Å². The van der Waals surface area contributed by atoms with E-state index in [4.69, 9.17) is 18.9 Å². The molecular weight excluding hydrogens is 356 g/mol. The average Bonchev–Trinajstić information content (AvgIpc) is 2.69. The van der Waals surface area contributed by atoms with Crippen molar-refractivity contribution in [1.29, 1.82) is 0 Å². The van der Waals surface area contributed by atoms with E-state index in [1.807, 2.05) is 0 Å². The Kier molecular flexibility index (Phi) is 11.2. The molecule has 28 heavy (non-hydrogen) atoms. The quantitative estimate of drug-likeness (QED) is 0.293. The predicted octanol–water partition coefficient (Wildman–Crippen LogP) is 4.58.